The van der Waals surface area contributed by atoms with Crippen molar-refractivity contribution in [2.75, 3.05) is 6.61 Å². The van der Waals surface area contributed by atoms with Gasteiger partial charge in [0.15, 0.2) is 0 Å². The van der Waals surface area contributed by atoms with Crippen molar-refractivity contribution in [1.82, 2.24) is 0 Å². The average Bonchev–Trinajstić information content (AvgIpc) is 2.50. The molecule has 1 saturated carbocycles. The third-order valence-corrected chi connectivity index (χ3v) is 1.39. The SMILES string of the molecule is CC(=CC1CC1)CO. The second kappa shape index (κ2) is 2.31. The van der Waals surface area contributed by atoms with E-state index in [0.717, 1.165) is 11.5 Å². The summed E-state index contributed by atoms with van der Waals surface area (Å²) in [6.45, 7) is 2.20. The lowest BCUT2D eigenvalue weighted by molar-refractivity contribution is 0.331. The average molecular weight is 112 g/mol. The highest BCUT2D eigenvalue weighted by Gasteiger charge is 2.17. The third kappa shape index (κ3) is 1.66. The van der Waals surface area contributed by atoms with Crippen LogP contribution in [0.15, 0.2) is 11.6 Å². The molecule has 1 aliphatic carbocycles. The fraction of sp³-hybridized carbons (Fsp3) is 0.714. The van der Waals surface area contributed by atoms with Crippen molar-refractivity contribution < 1.29 is 5.11 Å². The lowest BCUT2D eigenvalue weighted by Crippen LogP contribution is -1.83. The summed E-state index contributed by atoms with van der Waals surface area (Å²) in [6.07, 6.45) is 4.83. The van der Waals surface area contributed by atoms with E-state index < -0.39 is 0 Å². The van der Waals surface area contributed by atoms with Crippen LogP contribution in [0.1, 0.15) is 19.8 Å². The van der Waals surface area contributed by atoms with Gasteiger partial charge in [-0.15, -0.1) is 0 Å². The van der Waals surface area contributed by atoms with Gasteiger partial charge in [-0.3, -0.25) is 0 Å². The summed E-state index contributed by atoms with van der Waals surface area (Å²) < 4.78 is 0. The van der Waals surface area contributed by atoms with Gasteiger partial charge in [0.2, 0.25) is 0 Å². The van der Waals surface area contributed by atoms with Gasteiger partial charge in [0, 0.05) is 0 Å². The Hall–Kier alpha value is -0.300. The molecule has 0 heterocycles. The fourth-order valence-electron chi connectivity index (χ4n) is 0.718. The topological polar surface area (TPSA) is 20.2 Å². The monoisotopic (exact) mass is 112 g/mol. The Morgan fingerprint density at radius 2 is 2.38 bits per heavy atom. The number of aliphatic hydroxyl groups excluding tert-OH is 1. The standard InChI is InChI=1S/C7H12O/c1-6(5-8)4-7-2-3-7/h4,7-8H,2-3,5H2,1H3. The molecule has 0 amide bonds. The van der Waals surface area contributed by atoms with Gasteiger partial charge in [-0.1, -0.05) is 11.6 Å². The summed E-state index contributed by atoms with van der Waals surface area (Å²) in [6, 6.07) is 0. The smallest absolute Gasteiger partial charge is 0.0639 e. The number of hydrogen-bond acceptors (Lipinski definition) is 1. The lowest BCUT2D eigenvalue weighted by Gasteiger charge is -1.89. The Bertz CT molecular complexity index is 101. The predicted molar refractivity (Wildman–Crippen MR) is 33.6 cm³/mol. The van der Waals surface area contributed by atoms with Crippen molar-refractivity contribution in [2.45, 2.75) is 19.8 Å². The minimum atomic E-state index is 0.233. The van der Waals surface area contributed by atoms with Crippen LogP contribution in [-0.2, 0) is 0 Å². The first-order valence-corrected chi connectivity index (χ1v) is 3.11. The van der Waals surface area contributed by atoms with Crippen molar-refractivity contribution in [3.8, 4) is 0 Å². The van der Waals surface area contributed by atoms with Crippen molar-refractivity contribution in [1.29, 1.82) is 0 Å². The maximum absolute atomic E-state index is 8.54. The molecule has 46 valence electrons. The molecule has 0 spiro atoms. The first-order valence-electron chi connectivity index (χ1n) is 3.11. The zero-order chi connectivity index (χ0) is 5.98. The van der Waals surface area contributed by atoms with Gasteiger partial charge < -0.3 is 5.11 Å². The predicted octanol–water partition coefficient (Wildman–Crippen LogP) is 1.33. The van der Waals surface area contributed by atoms with Gasteiger partial charge in [-0.2, -0.15) is 0 Å². The number of rotatable bonds is 2. The maximum Gasteiger partial charge on any atom is 0.0639 e. The van der Waals surface area contributed by atoms with Crippen LogP contribution in [0.3, 0.4) is 0 Å². The molecule has 0 atom stereocenters. The molecule has 0 unspecified atom stereocenters. The van der Waals surface area contributed by atoms with E-state index in [-0.39, 0.29) is 6.61 Å². The lowest BCUT2D eigenvalue weighted by atomic mass is 10.2. The molecule has 1 fully saturated rings. The first-order chi connectivity index (χ1) is 3.83. The molecule has 1 aliphatic rings. The second-order valence-electron chi connectivity index (χ2n) is 2.51. The Balaban J connectivity index is 2.27. The minimum Gasteiger partial charge on any atom is -0.392 e. The van der Waals surface area contributed by atoms with Gasteiger partial charge in [0.25, 0.3) is 0 Å². The van der Waals surface area contributed by atoms with Crippen molar-refractivity contribution in [3.63, 3.8) is 0 Å². The highest BCUT2D eigenvalue weighted by atomic mass is 16.3. The van der Waals surface area contributed by atoms with E-state index >= 15 is 0 Å². The molecule has 0 aliphatic heterocycles. The molecule has 0 bridgehead atoms. The van der Waals surface area contributed by atoms with Crippen LogP contribution in [0.4, 0.5) is 0 Å². The quantitative estimate of drug-likeness (QED) is 0.534. The van der Waals surface area contributed by atoms with E-state index in [4.69, 9.17) is 5.11 Å². The van der Waals surface area contributed by atoms with Crippen LogP contribution < -0.4 is 0 Å². The van der Waals surface area contributed by atoms with Gasteiger partial charge in [0.05, 0.1) is 6.61 Å². The van der Waals surface area contributed by atoms with Crippen molar-refractivity contribution in [3.05, 3.63) is 11.6 Å². The Labute approximate surface area is 50.0 Å². The third-order valence-electron chi connectivity index (χ3n) is 1.39. The van der Waals surface area contributed by atoms with E-state index in [0.29, 0.717) is 0 Å². The van der Waals surface area contributed by atoms with Crippen molar-refractivity contribution >= 4 is 0 Å². The summed E-state index contributed by atoms with van der Waals surface area (Å²) in [5.74, 6) is 0.808. The van der Waals surface area contributed by atoms with Crippen LogP contribution in [0.25, 0.3) is 0 Å². The van der Waals surface area contributed by atoms with Crippen LogP contribution in [0.2, 0.25) is 0 Å². The summed E-state index contributed by atoms with van der Waals surface area (Å²) >= 11 is 0. The van der Waals surface area contributed by atoms with Crippen LogP contribution in [-0.4, -0.2) is 11.7 Å². The fourth-order valence-corrected chi connectivity index (χ4v) is 0.718. The maximum atomic E-state index is 8.54. The zero-order valence-corrected chi connectivity index (χ0v) is 5.22. The molecule has 1 heteroatoms. The Kier molecular flexibility index (Phi) is 1.69. The molecular weight excluding hydrogens is 100 g/mol. The number of aliphatic hydroxyl groups is 1. The van der Waals surface area contributed by atoms with Crippen LogP contribution >= 0.6 is 0 Å². The van der Waals surface area contributed by atoms with Gasteiger partial charge in [-0.25, -0.2) is 0 Å². The second-order valence-corrected chi connectivity index (χ2v) is 2.51. The Morgan fingerprint density at radius 1 is 1.75 bits per heavy atom. The molecule has 0 radical (unpaired) electrons. The highest BCUT2D eigenvalue weighted by molar-refractivity contribution is 5.05. The summed E-state index contributed by atoms with van der Waals surface area (Å²) in [5.41, 5.74) is 1.12. The molecule has 8 heavy (non-hydrogen) atoms. The molecule has 0 aromatic carbocycles. The summed E-state index contributed by atoms with van der Waals surface area (Å²) in [5, 5.41) is 8.54. The number of hydrogen-bond donors (Lipinski definition) is 1. The highest BCUT2D eigenvalue weighted by Crippen LogP contribution is 2.30. The van der Waals surface area contributed by atoms with E-state index in [9.17, 15) is 0 Å². The van der Waals surface area contributed by atoms with Crippen molar-refractivity contribution in [2.24, 2.45) is 5.92 Å². The van der Waals surface area contributed by atoms with Gasteiger partial charge >= 0.3 is 0 Å². The van der Waals surface area contributed by atoms with Gasteiger partial charge in [0.1, 0.15) is 0 Å². The summed E-state index contributed by atoms with van der Waals surface area (Å²) in [4.78, 5) is 0. The molecule has 0 aromatic rings. The van der Waals surface area contributed by atoms with Gasteiger partial charge in [-0.05, 0) is 25.7 Å². The largest absolute Gasteiger partial charge is 0.392 e. The van der Waals surface area contributed by atoms with Crippen LogP contribution in [0, 0.1) is 5.92 Å². The molecule has 1 N–H and O–H groups in total. The molecular formula is C7H12O. The Morgan fingerprint density at radius 3 is 2.75 bits per heavy atom. The van der Waals surface area contributed by atoms with E-state index in [2.05, 4.69) is 6.08 Å². The zero-order valence-electron chi connectivity index (χ0n) is 5.22. The first kappa shape index (κ1) is 5.83. The van der Waals surface area contributed by atoms with E-state index in [1.807, 2.05) is 6.92 Å². The molecule has 0 saturated heterocycles. The number of allylic oxidation sites excluding steroid dienone is 1. The normalized spacial score (nSPS) is 21.5. The molecule has 1 rings (SSSR count). The van der Waals surface area contributed by atoms with E-state index in [1.165, 1.54) is 12.8 Å². The molecule has 0 aromatic heterocycles. The van der Waals surface area contributed by atoms with E-state index in [1.54, 1.807) is 0 Å². The molecule has 1 nitrogen and oxygen atoms in total. The minimum absolute atomic E-state index is 0.233. The van der Waals surface area contributed by atoms with Crippen LogP contribution in [0.5, 0.6) is 0 Å². The summed E-state index contributed by atoms with van der Waals surface area (Å²) in [7, 11) is 0.